The fourth-order valence-electron chi connectivity index (χ4n) is 2.92. The van der Waals surface area contributed by atoms with E-state index in [-0.39, 0.29) is 31.0 Å². The Morgan fingerprint density at radius 2 is 1.88 bits per heavy atom. The second kappa shape index (κ2) is 8.80. The molecular weight excluding hydrogens is 306 g/mol. The summed E-state index contributed by atoms with van der Waals surface area (Å²) < 4.78 is 5.17. The molecule has 2 unspecified atom stereocenters. The van der Waals surface area contributed by atoms with Crippen molar-refractivity contribution < 1.29 is 14.3 Å². The molecule has 1 heterocycles. The Morgan fingerprint density at radius 1 is 1.25 bits per heavy atom. The molecule has 1 amide bonds. The fraction of sp³-hybridized carbons (Fsp3) is 0.556. The molecule has 0 radical (unpaired) electrons. The van der Waals surface area contributed by atoms with Crippen LogP contribution in [0.1, 0.15) is 45.1 Å². The topological polar surface area (TPSA) is 84.7 Å². The molecule has 0 saturated carbocycles. The molecule has 1 aliphatic heterocycles. The van der Waals surface area contributed by atoms with Crippen LogP contribution in [0.4, 0.5) is 0 Å². The number of esters is 1. The second-order valence-electron chi connectivity index (χ2n) is 6.47. The van der Waals surface area contributed by atoms with Crippen molar-refractivity contribution in [1.29, 1.82) is 0 Å². The van der Waals surface area contributed by atoms with Crippen LogP contribution in [0.5, 0.6) is 0 Å². The summed E-state index contributed by atoms with van der Waals surface area (Å²) in [4.78, 5) is 24.1. The first-order valence-electron chi connectivity index (χ1n) is 8.51. The molecule has 1 aromatic rings. The molecule has 3 N–H and O–H groups in total. The lowest BCUT2D eigenvalue weighted by molar-refractivity contribution is -0.147. The molecule has 0 bridgehead atoms. The lowest BCUT2D eigenvalue weighted by Crippen LogP contribution is -2.57. The number of carbonyl (C=O) groups excluding carboxylic acids is 2. The van der Waals surface area contributed by atoms with Gasteiger partial charge in [0.2, 0.25) is 0 Å². The summed E-state index contributed by atoms with van der Waals surface area (Å²) in [5.74, 6) is -0.812. The van der Waals surface area contributed by atoms with Crippen LogP contribution in [0.2, 0.25) is 0 Å². The summed E-state index contributed by atoms with van der Waals surface area (Å²) in [6.45, 7) is 4.35. The third-order valence-corrected chi connectivity index (χ3v) is 4.40. The van der Waals surface area contributed by atoms with Crippen molar-refractivity contribution in [3.8, 4) is 0 Å². The molecule has 1 aromatic carbocycles. The first kappa shape index (κ1) is 18.4. The summed E-state index contributed by atoms with van der Waals surface area (Å²) >= 11 is 0. The average molecular weight is 333 g/mol. The van der Waals surface area contributed by atoms with E-state index in [0.717, 1.165) is 24.8 Å². The second-order valence-corrected chi connectivity index (χ2v) is 6.47. The number of nitrogens with two attached hydrogens (primary N) is 1. The number of nitrogens with zero attached hydrogens (tertiary/aromatic N) is 1. The van der Waals surface area contributed by atoms with Crippen molar-refractivity contribution in [3.05, 3.63) is 35.9 Å². The first-order chi connectivity index (χ1) is 11.5. The third-order valence-electron chi connectivity index (χ3n) is 4.40. The van der Waals surface area contributed by atoms with E-state index in [0.29, 0.717) is 0 Å². The van der Waals surface area contributed by atoms with Crippen LogP contribution in [-0.4, -0.2) is 35.0 Å². The maximum atomic E-state index is 12.2. The van der Waals surface area contributed by atoms with Gasteiger partial charge in [0.15, 0.2) is 0 Å². The van der Waals surface area contributed by atoms with Gasteiger partial charge in [0, 0.05) is 12.1 Å². The molecule has 6 heteroatoms. The number of nitrogens with one attached hydrogen (secondary N) is 1. The van der Waals surface area contributed by atoms with E-state index in [4.69, 9.17) is 10.5 Å². The molecule has 0 aromatic heterocycles. The Labute approximate surface area is 143 Å². The van der Waals surface area contributed by atoms with Crippen LogP contribution < -0.4 is 11.2 Å². The quantitative estimate of drug-likeness (QED) is 0.775. The molecule has 3 atom stereocenters. The van der Waals surface area contributed by atoms with E-state index in [1.165, 1.54) is 0 Å². The fourth-order valence-corrected chi connectivity index (χ4v) is 2.92. The number of amides is 1. The van der Waals surface area contributed by atoms with Crippen LogP contribution in [0.3, 0.4) is 0 Å². The number of piperidine rings is 1. The van der Waals surface area contributed by atoms with Crippen molar-refractivity contribution in [2.45, 2.75) is 64.3 Å². The van der Waals surface area contributed by atoms with Crippen LogP contribution in [0.25, 0.3) is 0 Å². The Kier molecular flexibility index (Phi) is 6.75. The molecule has 0 aliphatic carbocycles. The third kappa shape index (κ3) is 5.32. The highest BCUT2D eigenvalue weighted by Gasteiger charge is 2.28. The van der Waals surface area contributed by atoms with E-state index in [9.17, 15) is 9.59 Å². The summed E-state index contributed by atoms with van der Waals surface area (Å²) in [5, 5.41) is 1.95. The molecule has 24 heavy (non-hydrogen) atoms. The summed E-state index contributed by atoms with van der Waals surface area (Å²) in [5.41, 5.74) is 9.62. The standard InChI is InChI=1S/C18H27N3O3/c1-13-7-6-8-14(2)21(13)20-18(23)16(19)11-17(22)24-12-15-9-4-3-5-10-15/h3-5,9-10,13-14,16H,6-8,11-12,19H2,1-2H3,(H,20,23)/t13?,14?,16-/m0/s1. The van der Waals surface area contributed by atoms with Crippen molar-refractivity contribution in [1.82, 2.24) is 10.4 Å². The number of carbonyl (C=O) groups is 2. The summed E-state index contributed by atoms with van der Waals surface area (Å²) in [6, 6.07) is 9.04. The highest BCUT2D eigenvalue weighted by Crippen LogP contribution is 2.20. The van der Waals surface area contributed by atoms with Gasteiger partial charge in [-0.1, -0.05) is 36.8 Å². The molecular formula is C18H27N3O3. The molecule has 0 spiro atoms. The first-order valence-corrected chi connectivity index (χ1v) is 8.51. The molecule has 1 fully saturated rings. The van der Waals surface area contributed by atoms with Crippen LogP contribution >= 0.6 is 0 Å². The largest absolute Gasteiger partial charge is 0.461 e. The van der Waals surface area contributed by atoms with Gasteiger partial charge in [-0.05, 0) is 32.3 Å². The minimum atomic E-state index is -0.908. The smallest absolute Gasteiger partial charge is 0.308 e. The van der Waals surface area contributed by atoms with E-state index in [2.05, 4.69) is 19.3 Å². The highest BCUT2D eigenvalue weighted by molar-refractivity contribution is 5.86. The van der Waals surface area contributed by atoms with Crippen molar-refractivity contribution in [3.63, 3.8) is 0 Å². The molecule has 2 rings (SSSR count). The number of rotatable bonds is 6. The lowest BCUT2D eigenvalue weighted by Gasteiger charge is -2.39. The van der Waals surface area contributed by atoms with Crippen molar-refractivity contribution in [2.75, 3.05) is 0 Å². The number of benzene rings is 1. The minimum absolute atomic E-state index is 0.130. The zero-order valence-electron chi connectivity index (χ0n) is 14.4. The highest BCUT2D eigenvalue weighted by atomic mass is 16.5. The monoisotopic (exact) mass is 333 g/mol. The molecule has 6 nitrogen and oxygen atoms in total. The molecule has 1 saturated heterocycles. The SMILES string of the molecule is CC1CCCC(C)N1NC(=O)[C@@H](N)CC(=O)OCc1ccccc1. The maximum Gasteiger partial charge on any atom is 0.308 e. The zero-order chi connectivity index (χ0) is 17.5. The van der Waals surface area contributed by atoms with Crippen LogP contribution in [-0.2, 0) is 20.9 Å². The van der Waals surface area contributed by atoms with Crippen molar-refractivity contribution >= 4 is 11.9 Å². The van der Waals surface area contributed by atoms with Gasteiger partial charge in [-0.15, -0.1) is 0 Å². The Morgan fingerprint density at radius 3 is 2.50 bits per heavy atom. The van der Waals surface area contributed by atoms with Crippen molar-refractivity contribution in [2.24, 2.45) is 5.73 Å². The normalized spacial score (nSPS) is 22.6. The number of hydrazine groups is 1. The maximum absolute atomic E-state index is 12.2. The van der Waals surface area contributed by atoms with Gasteiger partial charge >= 0.3 is 5.97 Å². The van der Waals surface area contributed by atoms with Gasteiger partial charge in [0.05, 0.1) is 12.5 Å². The number of ether oxygens (including phenoxy) is 1. The predicted octanol–water partition coefficient (Wildman–Crippen LogP) is 1.74. The van der Waals surface area contributed by atoms with Gasteiger partial charge < -0.3 is 10.5 Å². The van der Waals surface area contributed by atoms with Crippen LogP contribution in [0.15, 0.2) is 30.3 Å². The van der Waals surface area contributed by atoms with Gasteiger partial charge in [-0.3, -0.25) is 15.0 Å². The molecule has 1 aliphatic rings. The van der Waals surface area contributed by atoms with Gasteiger partial charge in [0.1, 0.15) is 6.61 Å². The Bertz CT molecular complexity index is 540. The summed E-state index contributed by atoms with van der Waals surface area (Å²) in [6.07, 6.45) is 3.11. The number of hydrogen-bond donors (Lipinski definition) is 2. The Balaban J connectivity index is 1.77. The van der Waals surface area contributed by atoms with Crippen LogP contribution in [0, 0.1) is 0 Å². The van der Waals surface area contributed by atoms with E-state index >= 15 is 0 Å². The van der Waals surface area contributed by atoms with E-state index in [1.54, 1.807) is 0 Å². The average Bonchev–Trinajstić information content (AvgIpc) is 2.57. The van der Waals surface area contributed by atoms with Gasteiger partial charge in [-0.25, -0.2) is 5.01 Å². The van der Waals surface area contributed by atoms with E-state index in [1.807, 2.05) is 35.3 Å². The minimum Gasteiger partial charge on any atom is -0.461 e. The molecule has 132 valence electrons. The lowest BCUT2D eigenvalue weighted by atomic mass is 10.00. The zero-order valence-corrected chi connectivity index (χ0v) is 14.4. The Hall–Kier alpha value is -1.92. The predicted molar refractivity (Wildman–Crippen MR) is 91.6 cm³/mol. The summed E-state index contributed by atoms with van der Waals surface area (Å²) in [7, 11) is 0. The van der Waals surface area contributed by atoms with Gasteiger partial charge in [0.25, 0.3) is 5.91 Å². The van der Waals surface area contributed by atoms with Gasteiger partial charge in [-0.2, -0.15) is 0 Å². The van der Waals surface area contributed by atoms with E-state index < -0.39 is 12.0 Å². The number of hydrogen-bond acceptors (Lipinski definition) is 5.